The van der Waals surface area contributed by atoms with Crippen LogP contribution in [0.2, 0.25) is 5.15 Å². The zero-order chi connectivity index (χ0) is 24.2. The van der Waals surface area contributed by atoms with Crippen LogP contribution in [0.1, 0.15) is 30.7 Å². The molecule has 12 heteroatoms. The van der Waals surface area contributed by atoms with Crippen molar-refractivity contribution in [3.63, 3.8) is 0 Å². The van der Waals surface area contributed by atoms with Gasteiger partial charge in [0.1, 0.15) is 11.5 Å². The number of methoxy groups -OCH3 is 1. The highest BCUT2D eigenvalue weighted by Gasteiger charge is 2.22. The van der Waals surface area contributed by atoms with Crippen molar-refractivity contribution in [3.05, 3.63) is 47.4 Å². The van der Waals surface area contributed by atoms with Crippen LogP contribution in [-0.4, -0.2) is 67.3 Å². The lowest BCUT2D eigenvalue weighted by molar-refractivity contribution is -0.142. The van der Waals surface area contributed by atoms with Gasteiger partial charge in [-0.2, -0.15) is 0 Å². The zero-order valence-corrected chi connectivity index (χ0v) is 20.3. The van der Waals surface area contributed by atoms with Crippen molar-refractivity contribution in [2.24, 2.45) is 5.92 Å². The molecule has 2 aliphatic heterocycles. The number of piperidine rings is 1. The Kier molecular flexibility index (Phi) is 7.05. The molecule has 3 aromatic rings. The van der Waals surface area contributed by atoms with Gasteiger partial charge in [-0.3, -0.25) is 9.69 Å². The number of carbonyl (C=O) groups excluding carboxylic acids is 1. The highest BCUT2D eigenvalue weighted by molar-refractivity contribution is 6.29. The Hall–Kier alpha value is -3.31. The number of esters is 1. The highest BCUT2D eigenvalue weighted by atomic mass is 35.5. The molecule has 0 atom stereocenters. The second kappa shape index (κ2) is 10.5. The molecule has 0 spiro atoms. The Morgan fingerprint density at radius 3 is 2.71 bits per heavy atom. The maximum absolute atomic E-state index is 11.5. The lowest BCUT2D eigenvalue weighted by atomic mass is 9.93. The number of anilines is 1. The van der Waals surface area contributed by atoms with Gasteiger partial charge in [0, 0.05) is 32.1 Å². The van der Waals surface area contributed by atoms with Gasteiger partial charge in [0.2, 0.25) is 11.8 Å². The van der Waals surface area contributed by atoms with Crippen molar-refractivity contribution in [1.82, 2.24) is 34.6 Å². The number of rotatable bonds is 7. The van der Waals surface area contributed by atoms with E-state index >= 15 is 0 Å². The maximum Gasteiger partial charge on any atom is 0.305 e. The molecule has 0 saturated carbocycles. The summed E-state index contributed by atoms with van der Waals surface area (Å²) in [5, 5.41) is 8.45. The van der Waals surface area contributed by atoms with E-state index in [0.29, 0.717) is 41.6 Å². The number of halogens is 1. The predicted octanol–water partition coefficient (Wildman–Crippen LogP) is 2.70. The minimum Gasteiger partial charge on any atom is -0.469 e. The molecule has 0 amide bonds. The van der Waals surface area contributed by atoms with Crippen LogP contribution in [0, 0.1) is 5.92 Å². The minimum atomic E-state index is -0.136. The molecule has 2 aliphatic rings. The number of hydrogen-bond donors (Lipinski definition) is 0. The Balaban J connectivity index is 1.18. The third-order valence-corrected chi connectivity index (χ3v) is 6.58. The van der Waals surface area contributed by atoms with Gasteiger partial charge in [0.15, 0.2) is 11.6 Å². The number of fused-ring (bicyclic) bond motifs is 1. The number of nitrogens with zero attached hydrogens (tertiary/aromatic N) is 8. The molecule has 1 fully saturated rings. The third-order valence-electron chi connectivity index (χ3n) is 6.39. The fraction of sp³-hybridized carbons (Fsp3) is 0.478. The normalized spacial score (nSPS) is 16.7. The number of likely N-dealkylation sites (tertiary alicyclic amines) is 1. The Labute approximate surface area is 208 Å². The van der Waals surface area contributed by atoms with Crippen LogP contribution < -0.4 is 9.64 Å². The van der Waals surface area contributed by atoms with Crippen LogP contribution in [0.3, 0.4) is 0 Å². The first-order valence-electron chi connectivity index (χ1n) is 11.6. The lowest BCUT2D eigenvalue weighted by Crippen LogP contribution is -2.34. The fourth-order valence-electron chi connectivity index (χ4n) is 4.48. The summed E-state index contributed by atoms with van der Waals surface area (Å²) in [4.78, 5) is 29.1. The molecule has 0 bridgehead atoms. The largest absolute Gasteiger partial charge is 0.469 e. The van der Waals surface area contributed by atoms with Crippen molar-refractivity contribution in [3.8, 4) is 11.6 Å². The molecule has 5 rings (SSSR count). The Bertz CT molecular complexity index is 1160. The van der Waals surface area contributed by atoms with E-state index in [2.05, 4.69) is 34.9 Å². The minimum absolute atomic E-state index is 0.136. The third kappa shape index (κ3) is 5.85. The van der Waals surface area contributed by atoms with Gasteiger partial charge in [0.25, 0.3) is 0 Å². The summed E-state index contributed by atoms with van der Waals surface area (Å²) >= 11 is 6.28. The van der Waals surface area contributed by atoms with E-state index in [9.17, 15) is 4.79 Å². The first-order valence-corrected chi connectivity index (χ1v) is 12.0. The molecule has 0 N–H and O–H groups in total. The van der Waals surface area contributed by atoms with Crippen molar-refractivity contribution < 1.29 is 14.3 Å². The van der Waals surface area contributed by atoms with Crippen LogP contribution in [-0.2, 0) is 29.2 Å². The Morgan fingerprint density at radius 2 is 1.94 bits per heavy atom. The maximum atomic E-state index is 11.5. The molecule has 5 heterocycles. The summed E-state index contributed by atoms with van der Waals surface area (Å²) in [6.07, 6.45) is 7.44. The molecule has 0 radical (unpaired) electrons. The van der Waals surface area contributed by atoms with Crippen molar-refractivity contribution in [2.75, 3.05) is 31.6 Å². The first-order chi connectivity index (χ1) is 17.1. The summed E-state index contributed by atoms with van der Waals surface area (Å²) in [6, 6.07) is 3.74. The molecule has 0 aliphatic carbocycles. The van der Waals surface area contributed by atoms with E-state index in [-0.39, 0.29) is 5.97 Å². The molecule has 184 valence electrons. The molecular weight excluding hydrogens is 472 g/mol. The quantitative estimate of drug-likeness (QED) is 0.356. The average Bonchev–Trinajstić information content (AvgIpc) is 3.33. The van der Waals surface area contributed by atoms with Crippen LogP contribution in [0.5, 0.6) is 11.6 Å². The molecule has 35 heavy (non-hydrogen) atoms. The van der Waals surface area contributed by atoms with E-state index in [4.69, 9.17) is 21.1 Å². The smallest absolute Gasteiger partial charge is 0.305 e. The topological polar surface area (TPSA) is 111 Å². The van der Waals surface area contributed by atoms with E-state index in [0.717, 1.165) is 57.0 Å². The molecule has 0 aromatic carbocycles. The Morgan fingerprint density at radius 1 is 1.14 bits per heavy atom. The zero-order valence-electron chi connectivity index (χ0n) is 19.5. The summed E-state index contributed by atoms with van der Waals surface area (Å²) < 4.78 is 12.7. The first kappa shape index (κ1) is 23.4. The summed E-state index contributed by atoms with van der Waals surface area (Å²) in [7, 11) is 1.44. The molecule has 3 aromatic heterocycles. The van der Waals surface area contributed by atoms with Gasteiger partial charge in [-0.15, -0.1) is 10.2 Å². The van der Waals surface area contributed by atoms with E-state index < -0.39 is 0 Å². The summed E-state index contributed by atoms with van der Waals surface area (Å²) in [5.41, 5.74) is 1.02. The molecule has 1 saturated heterocycles. The van der Waals surface area contributed by atoms with Gasteiger partial charge in [-0.1, -0.05) is 11.6 Å². The number of hydrogen-bond acceptors (Lipinski definition) is 10. The standard InChI is InChI=1S/C23H27ClN8O3/c1-34-22(33)10-16-2-4-30(5-3-16)13-17-8-19(24)28-21(9-17)35-18-11-25-23(26-12-18)31-6-7-32-15-27-29-20(32)14-31/h8-9,11-12,15-16H,2-7,10,13-14H2,1H3. The molecule has 11 nitrogen and oxygen atoms in total. The second-order valence-electron chi connectivity index (χ2n) is 8.82. The molecule has 0 unspecified atom stereocenters. The van der Waals surface area contributed by atoms with Crippen LogP contribution in [0.15, 0.2) is 30.9 Å². The van der Waals surface area contributed by atoms with Crippen molar-refractivity contribution in [1.29, 1.82) is 0 Å². The SMILES string of the molecule is COC(=O)CC1CCN(Cc2cc(Cl)nc(Oc3cnc(N4CCn5cnnc5C4)nc3)c2)CC1. The van der Waals surface area contributed by atoms with Crippen LogP contribution in [0.4, 0.5) is 5.95 Å². The number of pyridine rings is 1. The van der Waals surface area contributed by atoms with Gasteiger partial charge in [-0.25, -0.2) is 15.0 Å². The average molecular weight is 499 g/mol. The number of ether oxygens (including phenoxy) is 2. The van der Waals surface area contributed by atoms with E-state index in [1.165, 1.54) is 7.11 Å². The van der Waals surface area contributed by atoms with E-state index in [1.54, 1.807) is 18.7 Å². The van der Waals surface area contributed by atoms with Crippen molar-refractivity contribution >= 4 is 23.5 Å². The monoisotopic (exact) mass is 498 g/mol. The van der Waals surface area contributed by atoms with Crippen molar-refractivity contribution in [2.45, 2.75) is 38.9 Å². The lowest BCUT2D eigenvalue weighted by Gasteiger charge is -2.31. The predicted molar refractivity (Wildman–Crippen MR) is 127 cm³/mol. The summed E-state index contributed by atoms with van der Waals surface area (Å²) in [5.74, 6) is 2.63. The number of aromatic nitrogens is 6. The number of carbonyl (C=O) groups is 1. The van der Waals surface area contributed by atoms with Crippen LogP contribution in [0.25, 0.3) is 0 Å². The molecular formula is C23H27ClN8O3. The fourth-order valence-corrected chi connectivity index (χ4v) is 4.70. The van der Waals surface area contributed by atoms with Gasteiger partial charge in [0.05, 0.1) is 26.0 Å². The van der Waals surface area contributed by atoms with E-state index in [1.807, 2.05) is 16.7 Å². The van der Waals surface area contributed by atoms with Crippen LogP contribution >= 0.6 is 11.6 Å². The van der Waals surface area contributed by atoms with Gasteiger partial charge >= 0.3 is 5.97 Å². The van der Waals surface area contributed by atoms with Gasteiger partial charge in [-0.05, 0) is 43.5 Å². The second-order valence-corrected chi connectivity index (χ2v) is 9.21. The summed E-state index contributed by atoms with van der Waals surface area (Å²) in [6.45, 7) is 4.75. The highest BCUT2D eigenvalue weighted by Crippen LogP contribution is 2.26. The van der Waals surface area contributed by atoms with Gasteiger partial charge < -0.3 is 18.9 Å².